The van der Waals surface area contributed by atoms with E-state index >= 15 is 0 Å². The van der Waals surface area contributed by atoms with Crippen LogP contribution >= 0.6 is 15.9 Å². The molecule has 0 spiro atoms. The molecule has 0 radical (unpaired) electrons. The number of hydrogen-bond acceptors (Lipinski definition) is 3. The molecule has 3 nitrogen and oxygen atoms in total. The van der Waals surface area contributed by atoms with Crippen molar-refractivity contribution in [2.75, 3.05) is 7.11 Å². The highest BCUT2D eigenvalue weighted by Gasteiger charge is 2.23. The summed E-state index contributed by atoms with van der Waals surface area (Å²) in [4.78, 5) is 14.0. The second-order valence-corrected chi connectivity index (χ2v) is 5.86. The predicted octanol–water partition coefficient (Wildman–Crippen LogP) is 5.20. The van der Waals surface area contributed by atoms with E-state index in [1.165, 1.54) is 7.11 Å². The first-order chi connectivity index (χ1) is 10.6. The molecule has 0 fully saturated rings. The summed E-state index contributed by atoms with van der Waals surface area (Å²) in [6, 6.07) is 7.95. The molecule has 1 atom stereocenters. The van der Waals surface area contributed by atoms with Crippen molar-refractivity contribution in [3.05, 3.63) is 58.9 Å². The molecule has 1 aromatic carbocycles. The van der Waals surface area contributed by atoms with Crippen molar-refractivity contribution in [1.29, 1.82) is 0 Å². The van der Waals surface area contributed by atoms with Gasteiger partial charge in [-0.05, 0) is 37.6 Å². The fourth-order valence-corrected chi connectivity index (χ4v) is 2.89. The maximum absolute atomic E-state index is 12.1. The van der Waals surface area contributed by atoms with Crippen LogP contribution in [-0.2, 0) is 9.53 Å². The lowest BCUT2D eigenvalue weighted by molar-refractivity contribution is -0.137. The fourth-order valence-electron chi connectivity index (χ4n) is 2.27. The monoisotopic (exact) mass is 365 g/mol. The number of allylic oxidation sites excluding steroid dienone is 1. The van der Waals surface area contributed by atoms with Crippen LogP contribution in [0.2, 0.25) is 0 Å². The van der Waals surface area contributed by atoms with E-state index in [-0.39, 0.29) is 12.0 Å². The average Bonchev–Trinajstić information content (AvgIpc) is 2.53. The van der Waals surface area contributed by atoms with Gasteiger partial charge in [0, 0.05) is 4.47 Å². The number of unbranched alkanes of at least 4 members (excludes halogenated alkanes) is 2. The lowest BCUT2D eigenvalue weighted by Crippen LogP contribution is -2.26. The molecule has 4 heteroatoms. The molecule has 0 amide bonds. The van der Waals surface area contributed by atoms with Crippen molar-refractivity contribution in [2.24, 2.45) is 0 Å². The minimum atomic E-state index is -0.338. The summed E-state index contributed by atoms with van der Waals surface area (Å²) in [6.07, 6.45) is 6.57. The van der Waals surface area contributed by atoms with Gasteiger partial charge in [0.2, 0.25) is 0 Å². The van der Waals surface area contributed by atoms with Crippen LogP contribution in [0.15, 0.2) is 53.3 Å². The Labute approximate surface area is 141 Å². The third-order valence-electron chi connectivity index (χ3n) is 3.54. The number of carbonyl (C=O) groups is 1. The smallest absolute Gasteiger partial charge is 0.354 e. The molecule has 0 heterocycles. The van der Waals surface area contributed by atoms with Crippen molar-refractivity contribution in [2.45, 2.75) is 39.2 Å². The number of rotatable bonds is 8. The molecule has 0 bridgehead atoms. The number of carbonyl (C=O) groups excluding carboxylic acids is 1. The van der Waals surface area contributed by atoms with Crippen LogP contribution in [0, 0.1) is 0 Å². The first-order valence-corrected chi connectivity index (χ1v) is 8.29. The third kappa shape index (κ3) is 4.73. The van der Waals surface area contributed by atoms with Gasteiger partial charge >= 0.3 is 5.97 Å². The maximum atomic E-state index is 12.1. The van der Waals surface area contributed by atoms with E-state index < -0.39 is 0 Å². The standard InChI is InChI=1S/C18H24BrNO2/c1-5-7-8-13-17(18(21)22-4)20(6-2)14(3)15-11-9-10-12-16(15)19/h6,9-14H,2,5,7-8H2,1,3-4H3. The van der Waals surface area contributed by atoms with Crippen molar-refractivity contribution in [3.63, 3.8) is 0 Å². The van der Waals surface area contributed by atoms with E-state index in [4.69, 9.17) is 4.74 Å². The number of hydrogen-bond donors (Lipinski definition) is 0. The molecule has 22 heavy (non-hydrogen) atoms. The molecule has 1 aromatic rings. The van der Waals surface area contributed by atoms with Crippen LogP contribution in [0.1, 0.15) is 44.7 Å². The van der Waals surface area contributed by atoms with E-state index in [1.807, 2.05) is 42.2 Å². The molecule has 1 rings (SSSR count). The van der Waals surface area contributed by atoms with E-state index in [2.05, 4.69) is 29.4 Å². The van der Waals surface area contributed by atoms with Gasteiger partial charge in [0.05, 0.1) is 13.2 Å². The minimum Gasteiger partial charge on any atom is -0.464 e. The first-order valence-electron chi connectivity index (χ1n) is 7.50. The Morgan fingerprint density at radius 3 is 2.68 bits per heavy atom. The van der Waals surface area contributed by atoms with Crippen molar-refractivity contribution in [1.82, 2.24) is 4.90 Å². The Bertz CT molecular complexity index is 540. The summed E-state index contributed by atoms with van der Waals surface area (Å²) < 4.78 is 5.94. The summed E-state index contributed by atoms with van der Waals surface area (Å²) in [7, 11) is 1.40. The Kier molecular flexibility index (Phi) is 7.96. The van der Waals surface area contributed by atoms with E-state index in [9.17, 15) is 4.79 Å². The molecule has 120 valence electrons. The lowest BCUT2D eigenvalue weighted by atomic mass is 10.1. The average molecular weight is 366 g/mol. The van der Waals surface area contributed by atoms with Gasteiger partial charge < -0.3 is 9.64 Å². The Morgan fingerprint density at radius 2 is 2.14 bits per heavy atom. The quantitative estimate of drug-likeness (QED) is 0.360. The Hall–Kier alpha value is -1.55. The lowest BCUT2D eigenvalue weighted by Gasteiger charge is -2.29. The highest BCUT2D eigenvalue weighted by Crippen LogP contribution is 2.30. The van der Waals surface area contributed by atoms with Gasteiger partial charge in [0.15, 0.2) is 0 Å². The third-order valence-corrected chi connectivity index (χ3v) is 4.26. The number of esters is 1. The predicted molar refractivity (Wildman–Crippen MR) is 94.2 cm³/mol. The Balaban J connectivity index is 3.13. The fraction of sp³-hybridized carbons (Fsp3) is 0.389. The summed E-state index contributed by atoms with van der Waals surface area (Å²) in [6.45, 7) is 8.03. The van der Waals surface area contributed by atoms with E-state index in [0.29, 0.717) is 5.70 Å². The van der Waals surface area contributed by atoms with Crippen molar-refractivity contribution >= 4 is 21.9 Å². The van der Waals surface area contributed by atoms with Gasteiger partial charge in [0.25, 0.3) is 0 Å². The number of methoxy groups -OCH3 is 1. The number of halogens is 1. The molecular weight excluding hydrogens is 342 g/mol. The number of nitrogens with zero attached hydrogens (tertiary/aromatic N) is 1. The van der Waals surface area contributed by atoms with Gasteiger partial charge in [-0.25, -0.2) is 4.79 Å². The molecule has 0 aliphatic rings. The molecule has 0 aromatic heterocycles. The van der Waals surface area contributed by atoms with E-state index in [1.54, 1.807) is 6.20 Å². The normalized spacial score (nSPS) is 12.6. The van der Waals surface area contributed by atoms with Crippen molar-refractivity contribution < 1.29 is 9.53 Å². The van der Waals surface area contributed by atoms with Crippen LogP contribution in [0.25, 0.3) is 0 Å². The van der Waals surface area contributed by atoms with Crippen LogP contribution in [0.3, 0.4) is 0 Å². The maximum Gasteiger partial charge on any atom is 0.354 e. The molecule has 0 aliphatic carbocycles. The van der Waals surface area contributed by atoms with Gasteiger partial charge in [0.1, 0.15) is 5.70 Å². The second-order valence-electron chi connectivity index (χ2n) is 5.01. The zero-order valence-corrected chi connectivity index (χ0v) is 15.1. The molecule has 1 unspecified atom stereocenters. The van der Waals surface area contributed by atoms with Gasteiger partial charge in [-0.15, -0.1) is 0 Å². The van der Waals surface area contributed by atoms with Crippen LogP contribution in [0.4, 0.5) is 0 Å². The molecule has 0 N–H and O–H groups in total. The van der Waals surface area contributed by atoms with Gasteiger partial charge in [-0.2, -0.15) is 0 Å². The summed E-state index contributed by atoms with van der Waals surface area (Å²) in [5.74, 6) is -0.338. The highest BCUT2D eigenvalue weighted by atomic mass is 79.9. The molecule has 0 aliphatic heterocycles. The second kappa shape index (κ2) is 9.46. The summed E-state index contributed by atoms with van der Waals surface area (Å²) in [5, 5.41) is 0. The van der Waals surface area contributed by atoms with Gasteiger partial charge in [-0.1, -0.05) is 60.1 Å². The Morgan fingerprint density at radius 1 is 1.45 bits per heavy atom. The zero-order chi connectivity index (χ0) is 16.5. The SMILES string of the molecule is C=CN(C(=CCCCC)C(=O)OC)C(C)c1ccccc1Br. The van der Waals surface area contributed by atoms with Crippen LogP contribution in [-0.4, -0.2) is 18.0 Å². The first kappa shape index (κ1) is 18.5. The summed E-state index contributed by atoms with van der Waals surface area (Å²) in [5.41, 5.74) is 1.63. The summed E-state index contributed by atoms with van der Waals surface area (Å²) >= 11 is 3.56. The van der Waals surface area contributed by atoms with Crippen molar-refractivity contribution in [3.8, 4) is 0 Å². The molecule has 0 saturated carbocycles. The van der Waals surface area contributed by atoms with E-state index in [0.717, 1.165) is 29.3 Å². The topological polar surface area (TPSA) is 29.5 Å². The van der Waals surface area contributed by atoms with Gasteiger partial charge in [-0.3, -0.25) is 0 Å². The highest BCUT2D eigenvalue weighted by molar-refractivity contribution is 9.10. The zero-order valence-electron chi connectivity index (χ0n) is 13.5. The molecular formula is C18H24BrNO2. The van der Waals surface area contributed by atoms with Crippen LogP contribution < -0.4 is 0 Å². The van der Waals surface area contributed by atoms with Crippen LogP contribution in [0.5, 0.6) is 0 Å². The largest absolute Gasteiger partial charge is 0.464 e. The number of benzene rings is 1. The minimum absolute atomic E-state index is 0.0277. The molecule has 0 saturated heterocycles. The number of ether oxygens (including phenoxy) is 1.